The summed E-state index contributed by atoms with van der Waals surface area (Å²) in [4.78, 5) is 36.7. The quantitative estimate of drug-likeness (QED) is 0.510. The number of carbonyl (C=O) groups is 2. The van der Waals surface area contributed by atoms with Crippen molar-refractivity contribution in [2.45, 2.75) is 43.7 Å². The zero-order valence-electron chi connectivity index (χ0n) is 19.9. The molecule has 188 valence electrons. The maximum absolute atomic E-state index is 13.9. The third-order valence-corrected chi connectivity index (χ3v) is 7.99. The third kappa shape index (κ3) is 3.27. The molecule has 0 aliphatic carbocycles. The second-order valence-electron chi connectivity index (χ2n) is 9.91. The number of hydrogen-bond acceptors (Lipinski definition) is 8. The monoisotopic (exact) mass is 502 g/mol. The summed E-state index contributed by atoms with van der Waals surface area (Å²) in [6.07, 6.45) is 0.658. The first kappa shape index (κ1) is 23.5. The minimum Gasteiger partial charge on any atom is -0.477 e. The summed E-state index contributed by atoms with van der Waals surface area (Å²) in [6.45, 7) is 1.00. The van der Waals surface area contributed by atoms with E-state index in [2.05, 4.69) is 16.0 Å². The van der Waals surface area contributed by atoms with Gasteiger partial charge in [0.2, 0.25) is 17.7 Å². The molecular weight excluding hydrogens is 479 g/mol. The SMILES string of the molecule is C[C@]12O[C@](CCOc3cc(CF)ncn3)(C[C@@H]1O)[C@H]1C(=O)N(c3ccc(C#N)c4ccccc34)C(=O)[C@H]12. The number of rotatable bonds is 6. The first-order valence-electron chi connectivity index (χ1n) is 12.0. The van der Waals surface area contributed by atoms with Crippen LogP contribution in [-0.2, 0) is 21.0 Å². The highest BCUT2D eigenvalue weighted by Gasteiger charge is 2.77. The molecule has 5 atom stereocenters. The number of carbonyl (C=O) groups excluding carboxylic acids is 2. The van der Waals surface area contributed by atoms with Gasteiger partial charge in [-0.2, -0.15) is 5.26 Å². The van der Waals surface area contributed by atoms with E-state index >= 15 is 0 Å². The van der Waals surface area contributed by atoms with Gasteiger partial charge < -0.3 is 14.6 Å². The first-order valence-corrected chi connectivity index (χ1v) is 12.0. The van der Waals surface area contributed by atoms with E-state index in [1.807, 2.05) is 0 Å². The zero-order chi connectivity index (χ0) is 25.9. The van der Waals surface area contributed by atoms with Gasteiger partial charge in [0.1, 0.15) is 18.6 Å². The molecule has 10 heteroatoms. The maximum atomic E-state index is 13.9. The molecule has 0 unspecified atom stereocenters. The standard InChI is InChI=1S/C27H23FN4O5/c1-26-20(33)11-27(37-26,8-9-36-21-10-16(12-28)30-14-31-21)23-22(26)24(34)32(25(23)35)19-7-6-15(13-29)17-4-2-3-5-18(17)19/h2-7,10,14,20,22-23,33H,8-9,11-12H2,1H3/t20-,22-,23+,26-,27+/m0/s1. The average molecular weight is 503 g/mol. The molecule has 0 spiro atoms. The molecule has 3 aliphatic rings. The van der Waals surface area contributed by atoms with E-state index in [9.17, 15) is 24.3 Å². The fourth-order valence-electron chi connectivity index (χ4n) is 6.29. The number of hydrogen-bond donors (Lipinski definition) is 1. The van der Waals surface area contributed by atoms with Crippen molar-refractivity contribution < 1.29 is 28.6 Å². The highest BCUT2D eigenvalue weighted by atomic mass is 19.1. The topological polar surface area (TPSA) is 126 Å². The summed E-state index contributed by atoms with van der Waals surface area (Å²) in [5, 5.41) is 21.7. The molecule has 3 aliphatic heterocycles. The summed E-state index contributed by atoms with van der Waals surface area (Å²) in [5.74, 6) is -2.32. The molecule has 3 aromatic rings. The smallest absolute Gasteiger partial charge is 0.240 e. The molecule has 1 N–H and O–H groups in total. The van der Waals surface area contributed by atoms with Crippen molar-refractivity contribution in [3.05, 3.63) is 60.0 Å². The largest absolute Gasteiger partial charge is 0.477 e. The van der Waals surface area contributed by atoms with Crippen molar-refractivity contribution in [2.24, 2.45) is 11.8 Å². The molecule has 9 nitrogen and oxygen atoms in total. The van der Waals surface area contributed by atoms with Crippen molar-refractivity contribution >= 4 is 28.3 Å². The van der Waals surface area contributed by atoms with Crippen LogP contribution in [0.15, 0.2) is 48.8 Å². The van der Waals surface area contributed by atoms with Crippen LogP contribution in [-0.4, -0.2) is 50.8 Å². The van der Waals surface area contributed by atoms with E-state index in [0.717, 1.165) is 0 Å². The van der Waals surface area contributed by atoms with Crippen molar-refractivity contribution in [1.82, 2.24) is 9.97 Å². The lowest BCUT2D eigenvalue weighted by Gasteiger charge is -2.33. The molecule has 2 bridgehead atoms. The number of nitrogens with zero attached hydrogens (tertiary/aromatic N) is 4. The van der Waals surface area contributed by atoms with E-state index < -0.39 is 47.6 Å². The lowest BCUT2D eigenvalue weighted by atomic mass is 9.66. The Labute approximate surface area is 211 Å². The van der Waals surface area contributed by atoms with Crippen LogP contribution in [0.4, 0.5) is 10.1 Å². The molecular formula is C27H23FN4O5. The van der Waals surface area contributed by atoms with Crippen LogP contribution >= 0.6 is 0 Å². The molecule has 3 fully saturated rings. The summed E-state index contributed by atoms with van der Waals surface area (Å²) < 4.78 is 25.0. The highest BCUT2D eigenvalue weighted by molar-refractivity contribution is 6.26. The average Bonchev–Trinajstić information content (AvgIpc) is 3.44. The second-order valence-corrected chi connectivity index (χ2v) is 9.91. The molecule has 2 aromatic carbocycles. The van der Waals surface area contributed by atoms with Gasteiger partial charge in [-0.25, -0.2) is 19.3 Å². The Bertz CT molecular complexity index is 1490. The van der Waals surface area contributed by atoms with E-state index in [0.29, 0.717) is 22.0 Å². The Hall–Kier alpha value is -3.94. The Balaban J connectivity index is 1.34. The van der Waals surface area contributed by atoms with E-state index in [1.165, 1.54) is 17.3 Å². The number of amides is 2. The van der Waals surface area contributed by atoms with Gasteiger partial charge in [-0.1, -0.05) is 24.3 Å². The number of benzene rings is 2. The summed E-state index contributed by atoms with van der Waals surface area (Å²) in [5.41, 5.74) is -1.31. The number of imide groups is 1. The van der Waals surface area contributed by atoms with Gasteiger partial charge in [0.05, 0.1) is 53.2 Å². The van der Waals surface area contributed by atoms with Gasteiger partial charge in [0.15, 0.2) is 0 Å². The van der Waals surface area contributed by atoms with Crippen LogP contribution in [0.2, 0.25) is 0 Å². The van der Waals surface area contributed by atoms with Crippen molar-refractivity contribution in [3.63, 3.8) is 0 Å². The second kappa shape index (κ2) is 8.30. The number of aromatic nitrogens is 2. The Morgan fingerprint density at radius 1 is 1.19 bits per heavy atom. The van der Waals surface area contributed by atoms with Gasteiger partial charge in [0.25, 0.3) is 0 Å². The van der Waals surface area contributed by atoms with E-state index in [-0.39, 0.29) is 31.0 Å². The minimum absolute atomic E-state index is 0.0794. The zero-order valence-corrected chi connectivity index (χ0v) is 19.9. The number of fused-ring (bicyclic) bond motifs is 6. The molecule has 2 amide bonds. The number of nitriles is 1. The molecule has 6 rings (SSSR count). The van der Waals surface area contributed by atoms with Crippen molar-refractivity contribution in [3.8, 4) is 11.9 Å². The fraction of sp³-hybridized carbons (Fsp3) is 0.370. The van der Waals surface area contributed by atoms with Gasteiger partial charge in [-0.3, -0.25) is 9.59 Å². The van der Waals surface area contributed by atoms with Gasteiger partial charge in [-0.05, 0) is 19.1 Å². The van der Waals surface area contributed by atoms with E-state index in [4.69, 9.17) is 9.47 Å². The predicted molar refractivity (Wildman–Crippen MR) is 128 cm³/mol. The number of anilines is 1. The summed E-state index contributed by atoms with van der Waals surface area (Å²) in [6, 6.07) is 13.9. The number of ether oxygens (including phenoxy) is 2. The van der Waals surface area contributed by atoms with Gasteiger partial charge in [0, 0.05) is 29.7 Å². The van der Waals surface area contributed by atoms with Crippen LogP contribution in [0.3, 0.4) is 0 Å². The Kier molecular flexibility index (Phi) is 5.26. The summed E-state index contributed by atoms with van der Waals surface area (Å²) in [7, 11) is 0. The molecule has 0 radical (unpaired) electrons. The van der Waals surface area contributed by atoms with E-state index in [1.54, 1.807) is 43.3 Å². The summed E-state index contributed by atoms with van der Waals surface area (Å²) >= 11 is 0. The predicted octanol–water partition coefficient (Wildman–Crippen LogP) is 2.84. The molecule has 3 saturated heterocycles. The number of aliphatic hydroxyl groups is 1. The highest BCUT2D eigenvalue weighted by Crippen LogP contribution is 2.62. The normalized spacial score (nSPS) is 30.1. The molecule has 37 heavy (non-hydrogen) atoms. The van der Waals surface area contributed by atoms with Crippen LogP contribution in [0, 0.1) is 23.2 Å². The van der Waals surface area contributed by atoms with Crippen LogP contribution in [0.25, 0.3) is 10.8 Å². The number of halogens is 1. The maximum Gasteiger partial charge on any atom is 0.240 e. The van der Waals surface area contributed by atoms with Crippen LogP contribution < -0.4 is 9.64 Å². The molecule has 4 heterocycles. The van der Waals surface area contributed by atoms with Gasteiger partial charge >= 0.3 is 0 Å². The minimum atomic E-state index is -1.23. The molecule has 0 saturated carbocycles. The lowest BCUT2D eigenvalue weighted by Crippen LogP contribution is -2.49. The lowest BCUT2D eigenvalue weighted by molar-refractivity contribution is -0.134. The van der Waals surface area contributed by atoms with Gasteiger partial charge in [-0.15, -0.1) is 0 Å². The Morgan fingerprint density at radius 2 is 1.95 bits per heavy atom. The molecule has 1 aromatic heterocycles. The fourth-order valence-corrected chi connectivity index (χ4v) is 6.29. The van der Waals surface area contributed by atoms with Crippen LogP contribution in [0.5, 0.6) is 5.88 Å². The third-order valence-electron chi connectivity index (χ3n) is 7.99. The number of aliphatic hydroxyl groups excluding tert-OH is 1. The Morgan fingerprint density at radius 3 is 2.70 bits per heavy atom. The van der Waals surface area contributed by atoms with Crippen molar-refractivity contribution in [2.75, 3.05) is 11.5 Å². The van der Waals surface area contributed by atoms with Crippen LogP contribution in [0.1, 0.15) is 31.0 Å². The first-order chi connectivity index (χ1) is 17.8. The van der Waals surface area contributed by atoms with Crippen molar-refractivity contribution in [1.29, 1.82) is 5.26 Å². The number of alkyl halides is 1.